The van der Waals surface area contributed by atoms with Gasteiger partial charge in [0, 0.05) is 18.1 Å². The van der Waals surface area contributed by atoms with Gasteiger partial charge >= 0.3 is 0 Å². The normalized spacial score (nSPS) is 10.3. The van der Waals surface area contributed by atoms with E-state index in [9.17, 15) is 0 Å². The molecule has 0 saturated heterocycles. The van der Waals surface area contributed by atoms with Crippen LogP contribution in [0.15, 0.2) is 30.3 Å². The number of hydrogen-bond donors (Lipinski definition) is 0. The summed E-state index contributed by atoms with van der Waals surface area (Å²) in [7, 11) is 0. The Kier molecular flexibility index (Phi) is 4.71. The minimum Gasteiger partial charge on any atom is -0.475 e. The lowest BCUT2D eigenvalue weighted by molar-refractivity contribution is 0.0991. The highest BCUT2D eigenvalue weighted by Gasteiger charge is 2.05. The van der Waals surface area contributed by atoms with Crippen LogP contribution >= 0.6 is 0 Å². The van der Waals surface area contributed by atoms with Crippen LogP contribution < -0.4 is 4.74 Å². The molecule has 4 heteroatoms. The van der Waals surface area contributed by atoms with Gasteiger partial charge in [0.15, 0.2) is 0 Å². The van der Waals surface area contributed by atoms with Crippen LogP contribution in [-0.2, 0) is 4.74 Å². The van der Waals surface area contributed by atoms with Crippen molar-refractivity contribution >= 4 is 10.9 Å². The molecular formula is C15H16N2O2. The van der Waals surface area contributed by atoms with Crippen molar-refractivity contribution < 1.29 is 9.47 Å². The van der Waals surface area contributed by atoms with Crippen LogP contribution in [0.4, 0.5) is 0 Å². The van der Waals surface area contributed by atoms with Gasteiger partial charge in [0.1, 0.15) is 12.7 Å². The third-order valence-electron chi connectivity index (χ3n) is 2.64. The molecule has 0 spiro atoms. The molecule has 1 aromatic heterocycles. The van der Waals surface area contributed by atoms with Crippen LogP contribution in [-0.4, -0.2) is 24.8 Å². The first-order chi connectivity index (χ1) is 9.35. The van der Waals surface area contributed by atoms with Crippen molar-refractivity contribution in [2.75, 3.05) is 19.8 Å². The molecule has 0 aliphatic rings. The molecule has 0 aliphatic heterocycles. The number of nitriles is 1. The van der Waals surface area contributed by atoms with E-state index in [0.717, 1.165) is 23.9 Å². The molecule has 2 aromatic rings. The topological polar surface area (TPSA) is 55.1 Å². The lowest BCUT2D eigenvalue weighted by Crippen LogP contribution is -2.08. The Bertz CT molecular complexity index is 590. The van der Waals surface area contributed by atoms with E-state index in [1.165, 1.54) is 0 Å². The quantitative estimate of drug-likeness (QED) is 0.746. The summed E-state index contributed by atoms with van der Waals surface area (Å²) < 4.78 is 10.8. The van der Waals surface area contributed by atoms with Crippen LogP contribution in [0, 0.1) is 11.3 Å². The summed E-state index contributed by atoms with van der Waals surface area (Å²) in [5.74, 6) is 0.468. The van der Waals surface area contributed by atoms with Gasteiger partial charge < -0.3 is 9.47 Å². The first-order valence-electron chi connectivity index (χ1n) is 6.35. The highest BCUT2D eigenvalue weighted by molar-refractivity contribution is 5.85. The van der Waals surface area contributed by atoms with Gasteiger partial charge in [0.05, 0.1) is 17.7 Å². The summed E-state index contributed by atoms with van der Waals surface area (Å²) in [6, 6.07) is 11.4. The van der Waals surface area contributed by atoms with E-state index in [0.29, 0.717) is 24.7 Å². The lowest BCUT2D eigenvalue weighted by atomic mass is 10.1. The summed E-state index contributed by atoms with van der Waals surface area (Å²) in [4.78, 5) is 4.37. The van der Waals surface area contributed by atoms with Crippen molar-refractivity contribution in [3.63, 3.8) is 0 Å². The Hall–Kier alpha value is -2.12. The van der Waals surface area contributed by atoms with Crippen molar-refractivity contribution in [2.24, 2.45) is 0 Å². The van der Waals surface area contributed by atoms with E-state index in [1.807, 2.05) is 24.3 Å². The SMILES string of the molecule is CCCOCCOc1cc(C#N)c2ccccc2n1. The summed E-state index contributed by atoms with van der Waals surface area (Å²) in [5, 5.41) is 9.99. The number of fused-ring (bicyclic) bond motifs is 1. The molecule has 0 unspecified atom stereocenters. The fourth-order valence-corrected chi connectivity index (χ4v) is 1.77. The average Bonchev–Trinajstić information content (AvgIpc) is 2.46. The smallest absolute Gasteiger partial charge is 0.215 e. The number of para-hydroxylation sites is 1. The maximum Gasteiger partial charge on any atom is 0.215 e. The molecule has 0 aliphatic carbocycles. The molecular weight excluding hydrogens is 240 g/mol. The number of aromatic nitrogens is 1. The molecule has 19 heavy (non-hydrogen) atoms. The van der Waals surface area contributed by atoms with Crippen molar-refractivity contribution in [1.29, 1.82) is 5.26 Å². The minimum absolute atomic E-state index is 0.441. The molecule has 4 nitrogen and oxygen atoms in total. The van der Waals surface area contributed by atoms with Crippen molar-refractivity contribution in [3.05, 3.63) is 35.9 Å². The molecule has 1 heterocycles. The van der Waals surface area contributed by atoms with E-state index in [1.54, 1.807) is 6.07 Å². The Balaban J connectivity index is 2.10. The van der Waals surface area contributed by atoms with Gasteiger partial charge in [-0.1, -0.05) is 25.1 Å². The molecule has 0 amide bonds. The van der Waals surface area contributed by atoms with Gasteiger partial charge in [-0.25, -0.2) is 4.98 Å². The second kappa shape index (κ2) is 6.72. The third kappa shape index (κ3) is 3.43. The number of rotatable bonds is 6. The van der Waals surface area contributed by atoms with Crippen LogP contribution in [0.2, 0.25) is 0 Å². The molecule has 0 fully saturated rings. The fraction of sp³-hybridized carbons (Fsp3) is 0.333. The second-order valence-electron chi connectivity index (χ2n) is 4.10. The minimum atomic E-state index is 0.441. The number of benzene rings is 1. The summed E-state index contributed by atoms with van der Waals surface area (Å²) >= 11 is 0. The highest BCUT2D eigenvalue weighted by atomic mass is 16.5. The number of nitrogens with zero attached hydrogens (tertiary/aromatic N) is 2. The largest absolute Gasteiger partial charge is 0.475 e. The van der Waals surface area contributed by atoms with Crippen molar-refractivity contribution in [2.45, 2.75) is 13.3 Å². The molecule has 98 valence electrons. The van der Waals surface area contributed by atoms with Crippen LogP contribution in [0.25, 0.3) is 10.9 Å². The zero-order valence-electron chi connectivity index (χ0n) is 10.9. The van der Waals surface area contributed by atoms with Gasteiger partial charge in [-0.2, -0.15) is 5.26 Å². The maximum atomic E-state index is 9.14. The Labute approximate surface area is 112 Å². The highest BCUT2D eigenvalue weighted by Crippen LogP contribution is 2.21. The number of ether oxygens (including phenoxy) is 2. The first kappa shape index (κ1) is 13.3. The van der Waals surface area contributed by atoms with Gasteiger partial charge in [-0.05, 0) is 12.5 Å². The van der Waals surface area contributed by atoms with E-state index in [4.69, 9.17) is 14.7 Å². The van der Waals surface area contributed by atoms with Crippen LogP contribution in [0.5, 0.6) is 5.88 Å². The monoisotopic (exact) mass is 256 g/mol. The first-order valence-corrected chi connectivity index (χ1v) is 6.35. The van der Waals surface area contributed by atoms with Crippen molar-refractivity contribution in [3.8, 4) is 11.9 Å². The molecule has 0 saturated carbocycles. The van der Waals surface area contributed by atoms with Gasteiger partial charge in [-0.15, -0.1) is 0 Å². The maximum absolute atomic E-state index is 9.14. The summed E-state index contributed by atoms with van der Waals surface area (Å²) in [6.07, 6.45) is 0.993. The van der Waals surface area contributed by atoms with E-state index in [-0.39, 0.29) is 0 Å². The Morgan fingerprint density at radius 2 is 2.05 bits per heavy atom. The van der Waals surface area contributed by atoms with Crippen molar-refractivity contribution in [1.82, 2.24) is 4.98 Å². The summed E-state index contributed by atoms with van der Waals surface area (Å²) in [5.41, 5.74) is 1.35. The predicted octanol–water partition coefficient (Wildman–Crippen LogP) is 2.91. The molecule has 1 aromatic carbocycles. The number of pyridine rings is 1. The fourth-order valence-electron chi connectivity index (χ4n) is 1.77. The van der Waals surface area contributed by atoms with Gasteiger partial charge in [-0.3, -0.25) is 0 Å². The molecule has 0 N–H and O–H groups in total. The van der Waals surface area contributed by atoms with Gasteiger partial charge in [0.2, 0.25) is 5.88 Å². The van der Waals surface area contributed by atoms with Crippen LogP contribution in [0.1, 0.15) is 18.9 Å². The van der Waals surface area contributed by atoms with E-state index < -0.39 is 0 Å². The van der Waals surface area contributed by atoms with Gasteiger partial charge in [0.25, 0.3) is 0 Å². The summed E-state index contributed by atoms with van der Waals surface area (Å²) in [6.45, 7) is 3.77. The predicted molar refractivity (Wildman–Crippen MR) is 73.1 cm³/mol. The third-order valence-corrected chi connectivity index (χ3v) is 2.64. The average molecular weight is 256 g/mol. The molecule has 0 radical (unpaired) electrons. The van der Waals surface area contributed by atoms with Crippen LogP contribution in [0.3, 0.4) is 0 Å². The van der Waals surface area contributed by atoms with E-state index >= 15 is 0 Å². The zero-order chi connectivity index (χ0) is 13.5. The second-order valence-corrected chi connectivity index (χ2v) is 4.10. The standard InChI is InChI=1S/C15H16N2O2/c1-2-7-18-8-9-19-15-10-12(11-16)13-5-3-4-6-14(13)17-15/h3-6,10H,2,7-9H2,1H3. The molecule has 0 atom stereocenters. The lowest BCUT2D eigenvalue weighted by Gasteiger charge is -2.07. The zero-order valence-corrected chi connectivity index (χ0v) is 10.9. The number of hydrogen-bond acceptors (Lipinski definition) is 4. The van der Waals surface area contributed by atoms with E-state index in [2.05, 4.69) is 18.0 Å². The molecule has 0 bridgehead atoms. The Morgan fingerprint density at radius 3 is 2.84 bits per heavy atom. The molecule has 2 rings (SSSR count). The Morgan fingerprint density at radius 1 is 1.21 bits per heavy atom.